The van der Waals surface area contributed by atoms with Crippen LogP contribution in [0, 0.1) is 5.92 Å². The van der Waals surface area contributed by atoms with Gasteiger partial charge < -0.3 is 10.2 Å². The fourth-order valence-corrected chi connectivity index (χ4v) is 2.81. The quantitative estimate of drug-likeness (QED) is 0.850. The monoisotopic (exact) mass is 264 g/mol. The van der Waals surface area contributed by atoms with Crippen molar-refractivity contribution in [3.8, 4) is 0 Å². The van der Waals surface area contributed by atoms with Crippen LogP contribution >= 0.6 is 0 Å². The highest BCUT2D eigenvalue weighted by Crippen LogP contribution is 2.17. The lowest BCUT2D eigenvalue weighted by Crippen LogP contribution is -2.30. The van der Waals surface area contributed by atoms with Gasteiger partial charge >= 0.3 is 0 Å². The second-order valence-electron chi connectivity index (χ2n) is 5.98. The number of likely N-dealkylation sites (tertiary alicyclic amines) is 1. The summed E-state index contributed by atoms with van der Waals surface area (Å²) in [5.41, 5.74) is 2.47. The molecule has 0 radical (unpaired) electrons. The molecular formula is C15H28N4. The molecular weight excluding hydrogens is 236 g/mol. The topological polar surface area (TPSA) is 33.1 Å². The van der Waals surface area contributed by atoms with Crippen molar-refractivity contribution >= 4 is 0 Å². The lowest BCUT2D eigenvalue weighted by Gasteiger charge is -2.20. The first-order valence-corrected chi connectivity index (χ1v) is 7.56. The van der Waals surface area contributed by atoms with Gasteiger partial charge in [-0.3, -0.25) is 4.68 Å². The SMILES string of the molecule is CCc1cc(CNCC2CCN(C(C)C)C2)n(C)n1. The third-order valence-electron chi connectivity index (χ3n) is 4.18. The molecule has 108 valence electrons. The molecule has 0 bridgehead atoms. The van der Waals surface area contributed by atoms with Crippen LogP contribution in [0.15, 0.2) is 6.07 Å². The standard InChI is InChI=1S/C15H28N4/c1-5-14-8-15(18(4)17-14)10-16-9-13-6-7-19(11-13)12(2)3/h8,12-13,16H,5-7,9-11H2,1-4H3. The Balaban J connectivity index is 1.73. The zero-order valence-corrected chi connectivity index (χ0v) is 12.8. The fourth-order valence-electron chi connectivity index (χ4n) is 2.81. The van der Waals surface area contributed by atoms with E-state index in [4.69, 9.17) is 0 Å². The maximum atomic E-state index is 4.48. The number of nitrogens with zero attached hydrogens (tertiary/aromatic N) is 3. The van der Waals surface area contributed by atoms with E-state index in [2.05, 4.69) is 42.2 Å². The van der Waals surface area contributed by atoms with Crippen molar-refractivity contribution in [2.24, 2.45) is 13.0 Å². The van der Waals surface area contributed by atoms with Crippen LogP contribution in [0.3, 0.4) is 0 Å². The van der Waals surface area contributed by atoms with Crippen LogP contribution in [0.25, 0.3) is 0 Å². The van der Waals surface area contributed by atoms with E-state index in [9.17, 15) is 0 Å². The average Bonchev–Trinajstić information content (AvgIpc) is 2.97. The number of aryl methyl sites for hydroxylation is 2. The van der Waals surface area contributed by atoms with Crippen LogP contribution in [0.1, 0.15) is 38.6 Å². The van der Waals surface area contributed by atoms with Crippen molar-refractivity contribution in [2.75, 3.05) is 19.6 Å². The van der Waals surface area contributed by atoms with Crippen LogP contribution in [-0.4, -0.2) is 40.4 Å². The Morgan fingerprint density at radius 3 is 2.84 bits per heavy atom. The molecule has 4 nitrogen and oxygen atoms in total. The molecule has 1 fully saturated rings. The smallest absolute Gasteiger partial charge is 0.0625 e. The Morgan fingerprint density at radius 1 is 1.47 bits per heavy atom. The lowest BCUT2D eigenvalue weighted by molar-refractivity contribution is 0.264. The first-order chi connectivity index (χ1) is 9.10. The molecule has 0 aromatic carbocycles. The number of rotatable bonds is 6. The fraction of sp³-hybridized carbons (Fsp3) is 0.800. The second-order valence-corrected chi connectivity index (χ2v) is 5.98. The molecule has 4 heteroatoms. The van der Waals surface area contributed by atoms with E-state index >= 15 is 0 Å². The minimum absolute atomic E-state index is 0.689. The van der Waals surface area contributed by atoms with Gasteiger partial charge in [0.05, 0.1) is 11.4 Å². The summed E-state index contributed by atoms with van der Waals surface area (Å²) in [5, 5.41) is 8.08. The molecule has 2 rings (SSSR count). The van der Waals surface area contributed by atoms with E-state index in [1.807, 2.05) is 11.7 Å². The Kier molecular flexibility index (Phi) is 4.99. The third-order valence-corrected chi connectivity index (χ3v) is 4.18. The predicted octanol–water partition coefficient (Wildman–Crippen LogP) is 1.80. The van der Waals surface area contributed by atoms with Crippen molar-refractivity contribution in [2.45, 2.75) is 46.2 Å². The molecule has 0 spiro atoms. The molecule has 1 unspecified atom stereocenters. The molecule has 1 N–H and O–H groups in total. The summed E-state index contributed by atoms with van der Waals surface area (Å²) in [6, 6.07) is 2.90. The molecule has 0 aliphatic carbocycles. The van der Waals surface area contributed by atoms with Crippen LogP contribution in [-0.2, 0) is 20.0 Å². The highest BCUT2D eigenvalue weighted by Gasteiger charge is 2.23. The summed E-state index contributed by atoms with van der Waals surface area (Å²) in [6.45, 7) is 11.3. The van der Waals surface area contributed by atoms with Gasteiger partial charge in [0.1, 0.15) is 0 Å². The molecule has 19 heavy (non-hydrogen) atoms. The van der Waals surface area contributed by atoms with Gasteiger partial charge in [0, 0.05) is 26.2 Å². The van der Waals surface area contributed by atoms with Gasteiger partial charge in [0.25, 0.3) is 0 Å². The maximum absolute atomic E-state index is 4.48. The number of nitrogens with one attached hydrogen (secondary N) is 1. The summed E-state index contributed by atoms with van der Waals surface area (Å²) in [6.07, 6.45) is 2.34. The first kappa shape index (κ1) is 14.5. The highest BCUT2D eigenvalue weighted by molar-refractivity contribution is 5.09. The Bertz CT molecular complexity index is 397. The maximum Gasteiger partial charge on any atom is 0.0625 e. The summed E-state index contributed by atoms with van der Waals surface area (Å²) in [7, 11) is 2.03. The van der Waals surface area contributed by atoms with E-state index in [1.54, 1.807) is 0 Å². The minimum atomic E-state index is 0.689. The molecule has 1 saturated heterocycles. The third kappa shape index (κ3) is 3.80. The van der Waals surface area contributed by atoms with Gasteiger partial charge in [0.15, 0.2) is 0 Å². The van der Waals surface area contributed by atoms with Crippen LogP contribution in [0.2, 0.25) is 0 Å². The zero-order valence-electron chi connectivity index (χ0n) is 12.8. The molecule has 1 aromatic heterocycles. The van der Waals surface area contributed by atoms with E-state index < -0.39 is 0 Å². The highest BCUT2D eigenvalue weighted by atomic mass is 15.3. The Labute approximate surface area is 117 Å². The molecule has 0 amide bonds. The molecule has 1 aromatic rings. The Hall–Kier alpha value is -0.870. The molecule has 0 saturated carbocycles. The zero-order chi connectivity index (χ0) is 13.8. The molecule has 1 aliphatic rings. The summed E-state index contributed by atoms with van der Waals surface area (Å²) in [4.78, 5) is 2.58. The van der Waals surface area contributed by atoms with Crippen molar-refractivity contribution in [3.05, 3.63) is 17.5 Å². The normalized spacial score (nSPS) is 20.6. The number of hydrogen-bond acceptors (Lipinski definition) is 3. The van der Waals surface area contributed by atoms with E-state index in [0.717, 1.165) is 25.4 Å². The molecule has 1 aliphatic heterocycles. The van der Waals surface area contributed by atoms with Gasteiger partial charge in [-0.25, -0.2) is 0 Å². The summed E-state index contributed by atoms with van der Waals surface area (Å²) in [5.74, 6) is 0.807. The van der Waals surface area contributed by atoms with Crippen LogP contribution < -0.4 is 5.32 Å². The van der Waals surface area contributed by atoms with E-state index in [-0.39, 0.29) is 0 Å². The van der Waals surface area contributed by atoms with E-state index in [0.29, 0.717) is 6.04 Å². The van der Waals surface area contributed by atoms with Gasteiger partial charge in [-0.1, -0.05) is 6.92 Å². The van der Waals surface area contributed by atoms with Crippen LogP contribution in [0.5, 0.6) is 0 Å². The lowest BCUT2D eigenvalue weighted by atomic mass is 10.1. The number of aromatic nitrogens is 2. The summed E-state index contributed by atoms with van der Waals surface area (Å²) < 4.78 is 2.00. The van der Waals surface area contributed by atoms with Crippen molar-refractivity contribution in [1.82, 2.24) is 20.0 Å². The predicted molar refractivity (Wildman–Crippen MR) is 79.1 cm³/mol. The minimum Gasteiger partial charge on any atom is -0.311 e. The van der Waals surface area contributed by atoms with Gasteiger partial charge in [-0.15, -0.1) is 0 Å². The second kappa shape index (κ2) is 6.53. The van der Waals surface area contributed by atoms with E-state index in [1.165, 1.54) is 30.9 Å². The van der Waals surface area contributed by atoms with Crippen molar-refractivity contribution < 1.29 is 0 Å². The first-order valence-electron chi connectivity index (χ1n) is 7.56. The Morgan fingerprint density at radius 2 is 2.26 bits per heavy atom. The molecule has 1 atom stereocenters. The average molecular weight is 264 g/mol. The van der Waals surface area contributed by atoms with Crippen LogP contribution in [0.4, 0.5) is 0 Å². The van der Waals surface area contributed by atoms with Crippen molar-refractivity contribution in [3.63, 3.8) is 0 Å². The summed E-state index contributed by atoms with van der Waals surface area (Å²) >= 11 is 0. The largest absolute Gasteiger partial charge is 0.311 e. The van der Waals surface area contributed by atoms with Gasteiger partial charge in [-0.2, -0.15) is 5.10 Å². The number of hydrogen-bond donors (Lipinski definition) is 1. The molecule has 2 heterocycles. The van der Waals surface area contributed by atoms with Gasteiger partial charge in [-0.05, 0) is 51.8 Å². The van der Waals surface area contributed by atoms with Crippen molar-refractivity contribution in [1.29, 1.82) is 0 Å². The van der Waals surface area contributed by atoms with Gasteiger partial charge in [0.2, 0.25) is 0 Å².